The predicted octanol–water partition coefficient (Wildman–Crippen LogP) is 18.3. The Kier molecular flexibility index (Phi) is 9.17. The number of anilines is 6. The summed E-state index contributed by atoms with van der Waals surface area (Å²) in [4.78, 5) is 4.91. The number of para-hydroxylation sites is 2. The zero-order valence-electron chi connectivity index (χ0n) is 40.0. The molecule has 0 heterocycles. The highest BCUT2D eigenvalue weighted by molar-refractivity contribution is 6.22. The molecular formula is C67H52N2. The third-order valence-corrected chi connectivity index (χ3v) is 15.1. The van der Waals surface area contributed by atoms with Crippen LogP contribution in [-0.2, 0) is 5.41 Å². The first-order valence-corrected chi connectivity index (χ1v) is 24.3. The Bertz CT molecular complexity index is 3860. The van der Waals surface area contributed by atoms with Crippen LogP contribution in [0.5, 0.6) is 0 Å². The number of aryl methyl sites for hydroxylation is 6. The van der Waals surface area contributed by atoms with Crippen LogP contribution in [0.2, 0.25) is 0 Å². The van der Waals surface area contributed by atoms with E-state index in [0.29, 0.717) is 0 Å². The van der Waals surface area contributed by atoms with Crippen molar-refractivity contribution < 1.29 is 0 Å². The zero-order chi connectivity index (χ0) is 46.7. The van der Waals surface area contributed by atoms with Crippen LogP contribution in [0.4, 0.5) is 34.1 Å². The van der Waals surface area contributed by atoms with Crippen molar-refractivity contribution in [1.82, 2.24) is 0 Å². The third kappa shape index (κ3) is 6.04. The van der Waals surface area contributed by atoms with Crippen LogP contribution >= 0.6 is 0 Å². The molecule has 0 atom stereocenters. The minimum absolute atomic E-state index is 0.588. The maximum absolute atomic E-state index is 2.48. The molecule has 0 aliphatic heterocycles. The summed E-state index contributed by atoms with van der Waals surface area (Å²) in [5.41, 5.74) is 24.5. The molecule has 0 saturated heterocycles. The smallest absolute Gasteiger partial charge is 0.0737 e. The van der Waals surface area contributed by atoms with Crippen molar-refractivity contribution in [2.45, 2.75) is 47.0 Å². The van der Waals surface area contributed by atoms with Crippen LogP contribution in [0.15, 0.2) is 206 Å². The second-order valence-corrected chi connectivity index (χ2v) is 19.7. The lowest BCUT2D eigenvalue weighted by molar-refractivity contribution is 0.809. The molecule has 0 aromatic heterocycles. The van der Waals surface area contributed by atoms with Gasteiger partial charge in [0.15, 0.2) is 0 Å². The summed E-state index contributed by atoms with van der Waals surface area (Å²) < 4.78 is 0. The highest BCUT2D eigenvalue weighted by atomic mass is 15.1. The van der Waals surface area contributed by atoms with Gasteiger partial charge in [0.1, 0.15) is 0 Å². The van der Waals surface area contributed by atoms with E-state index in [1.54, 1.807) is 0 Å². The normalized spacial score (nSPS) is 12.9. The fourth-order valence-corrected chi connectivity index (χ4v) is 12.6. The summed E-state index contributed by atoms with van der Waals surface area (Å²) in [5, 5.41) is 7.58. The summed E-state index contributed by atoms with van der Waals surface area (Å²) in [6, 6.07) is 78.3. The van der Waals surface area contributed by atoms with E-state index < -0.39 is 5.41 Å². The number of rotatable bonds is 6. The molecule has 0 N–H and O–H groups in total. The van der Waals surface area contributed by atoms with E-state index in [9.17, 15) is 0 Å². The first-order chi connectivity index (χ1) is 33.7. The molecule has 330 valence electrons. The number of hydrogen-bond donors (Lipinski definition) is 0. The number of fused-ring (bicyclic) bond motifs is 17. The summed E-state index contributed by atoms with van der Waals surface area (Å²) in [6.45, 7) is 13.2. The van der Waals surface area contributed by atoms with E-state index in [4.69, 9.17) is 0 Å². The molecule has 1 spiro atoms. The molecule has 13 rings (SSSR count). The van der Waals surface area contributed by atoms with E-state index in [-0.39, 0.29) is 0 Å². The zero-order valence-corrected chi connectivity index (χ0v) is 40.0. The lowest BCUT2D eigenvalue weighted by Crippen LogP contribution is -2.26. The molecule has 0 unspecified atom stereocenters. The molecule has 69 heavy (non-hydrogen) atoms. The molecule has 2 nitrogen and oxygen atoms in total. The lowest BCUT2D eigenvalue weighted by atomic mass is 9.68. The molecule has 0 radical (unpaired) electrons. The van der Waals surface area contributed by atoms with E-state index in [1.807, 2.05) is 0 Å². The van der Waals surface area contributed by atoms with Gasteiger partial charge < -0.3 is 9.80 Å². The maximum atomic E-state index is 2.48. The fourth-order valence-electron chi connectivity index (χ4n) is 12.6. The van der Waals surface area contributed by atoms with Gasteiger partial charge in [-0.3, -0.25) is 0 Å². The SMILES string of the molecule is Cc1cc(C)cc(N(c2ccc3c4c(ccc3c2)-c2c(c3ccc(N(c5cc(C)cc(C)c5)c5ccccc5C)cc3c3ccccc23)C42c3ccccc3-c3ccccc32)c2ccccc2C)c1. The predicted molar refractivity (Wildman–Crippen MR) is 293 cm³/mol. The van der Waals surface area contributed by atoms with Crippen molar-refractivity contribution in [3.8, 4) is 22.3 Å². The standard InChI is InChI=1S/C67H52N2/c1-41-33-42(2)36-50(35-41)68(62-25-15-7-17-45(62)5)48-28-31-52-47(39-48)27-30-58-64-56-22-10-9-19-53(56)59-40-49(69(63-26-16-8-18-46(63)6)51-37-43(3)34-44(4)38-51)29-32-57(59)66(64)67(65(52)58)60-23-13-11-20-54(60)55-21-12-14-24-61(55)67/h7-40H,1-6H3. The van der Waals surface area contributed by atoms with E-state index in [2.05, 4.69) is 258 Å². The quantitative estimate of drug-likeness (QED) is 0.154. The minimum atomic E-state index is -0.588. The van der Waals surface area contributed by atoms with Crippen molar-refractivity contribution in [2.24, 2.45) is 0 Å². The molecule has 0 bridgehead atoms. The van der Waals surface area contributed by atoms with Crippen molar-refractivity contribution in [2.75, 3.05) is 9.80 Å². The van der Waals surface area contributed by atoms with Crippen LogP contribution in [0.25, 0.3) is 54.6 Å². The topological polar surface area (TPSA) is 6.48 Å². The molecular weight excluding hydrogens is 833 g/mol. The molecule has 11 aromatic rings. The summed E-state index contributed by atoms with van der Waals surface area (Å²) >= 11 is 0. The molecule has 11 aromatic carbocycles. The van der Waals surface area contributed by atoms with Crippen LogP contribution in [0.1, 0.15) is 55.6 Å². The van der Waals surface area contributed by atoms with Gasteiger partial charge in [0.25, 0.3) is 0 Å². The van der Waals surface area contributed by atoms with Gasteiger partial charge in [-0.25, -0.2) is 0 Å². The van der Waals surface area contributed by atoms with Gasteiger partial charge >= 0.3 is 0 Å². The monoisotopic (exact) mass is 884 g/mol. The van der Waals surface area contributed by atoms with Gasteiger partial charge in [0.2, 0.25) is 0 Å². The van der Waals surface area contributed by atoms with Crippen LogP contribution in [0, 0.1) is 41.5 Å². The number of nitrogens with zero attached hydrogens (tertiary/aromatic N) is 2. The summed E-state index contributed by atoms with van der Waals surface area (Å²) in [6.07, 6.45) is 0. The maximum Gasteiger partial charge on any atom is 0.0737 e. The Morgan fingerprint density at radius 3 is 1.35 bits per heavy atom. The molecule has 0 fully saturated rings. The van der Waals surface area contributed by atoms with E-state index in [0.717, 1.165) is 11.4 Å². The third-order valence-electron chi connectivity index (χ3n) is 15.1. The van der Waals surface area contributed by atoms with E-state index >= 15 is 0 Å². The van der Waals surface area contributed by atoms with Gasteiger partial charge in [-0.05, 0) is 212 Å². The molecule has 0 amide bonds. The Morgan fingerprint density at radius 1 is 0.304 bits per heavy atom. The van der Waals surface area contributed by atoms with Crippen LogP contribution in [-0.4, -0.2) is 0 Å². The van der Waals surface area contributed by atoms with Crippen molar-refractivity contribution in [1.29, 1.82) is 0 Å². The first kappa shape index (κ1) is 41.0. The number of benzene rings is 11. The second-order valence-electron chi connectivity index (χ2n) is 19.7. The largest absolute Gasteiger partial charge is 0.310 e. The van der Waals surface area contributed by atoms with Gasteiger partial charge in [-0.1, -0.05) is 146 Å². The Labute approximate surface area is 405 Å². The highest BCUT2D eigenvalue weighted by Crippen LogP contribution is 2.67. The molecule has 0 saturated carbocycles. The number of hydrogen-bond acceptors (Lipinski definition) is 2. The Balaban J connectivity index is 1.13. The highest BCUT2D eigenvalue weighted by Gasteiger charge is 2.53. The van der Waals surface area contributed by atoms with Crippen molar-refractivity contribution in [3.63, 3.8) is 0 Å². The fraction of sp³-hybridized carbons (Fsp3) is 0.104. The first-order valence-electron chi connectivity index (χ1n) is 24.3. The second kappa shape index (κ2) is 15.4. The Hall–Kier alpha value is -8.20. The Morgan fingerprint density at radius 2 is 0.783 bits per heavy atom. The lowest BCUT2D eigenvalue weighted by Gasteiger charge is -2.33. The van der Waals surface area contributed by atoms with Gasteiger partial charge in [-0.2, -0.15) is 0 Å². The summed E-state index contributed by atoms with van der Waals surface area (Å²) in [7, 11) is 0. The van der Waals surface area contributed by atoms with Crippen molar-refractivity contribution >= 4 is 66.4 Å². The average molecular weight is 885 g/mol. The summed E-state index contributed by atoms with van der Waals surface area (Å²) in [5.74, 6) is 0. The molecule has 2 aliphatic rings. The van der Waals surface area contributed by atoms with Gasteiger partial charge in [0, 0.05) is 34.1 Å². The van der Waals surface area contributed by atoms with Gasteiger partial charge in [0.05, 0.1) is 5.41 Å². The average Bonchev–Trinajstić information content (AvgIpc) is 3.83. The van der Waals surface area contributed by atoms with E-state index in [1.165, 1.54) is 133 Å². The minimum Gasteiger partial charge on any atom is -0.310 e. The molecule has 2 heteroatoms. The molecule has 2 aliphatic carbocycles. The van der Waals surface area contributed by atoms with Crippen molar-refractivity contribution in [3.05, 3.63) is 262 Å². The van der Waals surface area contributed by atoms with Gasteiger partial charge in [-0.15, -0.1) is 0 Å². The van der Waals surface area contributed by atoms with Crippen LogP contribution < -0.4 is 9.80 Å². The van der Waals surface area contributed by atoms with Crippen LogP contribution in [0.3, 0.4) is 0 Å².